The zero-order valence-electron chi connectivity index (χ0n) is 17.7. The van der Waals surface area contributed by atoms with E-state index in [0.29, 0.717) is 16.6 Å². The molecule has 0 spiro atoms. The first-order valence-electron chi connectivity index (χ1n) is 10.1. The summed E-state index contributed by atoms with van der Waals surface area (Å²) in [6, 6.07) is 19.7. The molecule has 4 nitrogen and oxygen atoms in total. The number of benzene rings is 3. The van der Waals surface area contributed by atoms with Gasteiger partial charge < -0.3 is 5.32 Å². The van der Waals surface area contributed by atoms with Crippen molar-refractivity contribution in [2.24, 2.45) is 0 Å². The lowest BCUT2D eigenvalue weighted by Gasteiger charge is -2.17. The molecule has 3 aromatic rings. The van der Waals surface area contributed by atoms with E-state index in [1.165, 1.54) is 17.3 Å². The highest BCUT2D eigenvalue weighted by atomic mass is 35.5. The SMILES string of the molecule is CC(C)c1ccc(NC2=C(Sc3ccc(Cl)cc3)C(=O)N(c3cccc(Cl)c3Cl)C2=O)cc1. The maximum atomic E-state index is 13.5. The predicted molar refractivity (Wildman–Crippen MR) is 137 cm³/mol. The Hall–Kier alpha value is -2.44. The molecule has 0 saturated heterocycles. The van der Waals surface area contributed by atoms with Crippen molar-refractivity contribution < 1.29 is 9.59 Å². The number of rotatable bonds is 6. The first-order chi connectivity index (χ1) is 15.8. The van der Waals surface area contributed by atoms with E-state index in [1.807, 2.05) is 24.3 Å². The molecule has 0 fully saturated rings. The van der Waals surface area contributed by atoms with E-state index in [4.69, 9.17) is 34.8 Å². The number of nitrogens with one attached hydrogen (secondary N) is 1. The molecule has 0 atom stereocenters. The molecule has 8 heteroatoms. The summed E-state index contributed by atoms with van der Waals surface area (Å²) in [5, 5.41) is 4.12. The summed E-state index contributed by atoms with van der Waals surface area (Å²) in [5.41, 5.74) is 2.28. The van der Waals surface area contributed by atoms with Crippen LogP contribution in [0.1, 0.15) is 25.3 Å². The molecule has 1 N–H and O–H groups in total. The average molecular weight is 518 g/mol. The van der Waals surface area contributed by atoms with Crippen LogP contribution in [0.5, 0.6) is 0 Å². The number of nitrogens with zero attached hydrogens (tertiary/aromatic N) is 1. The molecule has 0 unspecified atom stereocenters. The summed E-state index contributed by atoms with van der Waals surface area (Å²) in [7, 11) is 0. The molecule has 4 rings (SSSR count). The van der Waals surface area contributed by atoms with Gasteiger partial charge in [-0.05, 0) is 60.0 Å². The molecule has 0 aliphatic carbocycles. The average Bonchev–Trinajstić information content (AvgIpc) is 3.01. The Morgan fingerprint density at radius 3 is 2.15 bits per heavy atom. The number of thioether (sulfide) groups is 1. The molecule has 0 bridgehead atoms. The maximum Gasteiger partial charge on any atom is 0.283 e. The Labute approximate surface area is 211 Å². The lowest BCUT2D eigenvalue weighted by molar-refractivity contribution is -0.120. The van der Waals surface area contributed by atoms with Crippen molar-refractivity contribution in [2.75, 3.05) is 10.2 Å². The third-order valence-electron chi connectivity index (χ3n) is 5.09. The van der Waals surface area contributed by atoms with Crippen molar-refractivity contribution in [2.45, 2.75) is 24.7 Å². The summed E-state index contributed by atoms with van der Waals surface area (Å²) in [6.07, 6.45) is 0. The van der Waals surface area contributed by atoms with Gasteiger partial charge >= 0.3 is 0 Å². The number of amides is 2. The van der Waals surface area contributed by atoms with E-state index in [9.17, 15) is 9.59 Å². The van der Waals surface area contributed by atoms with Crippen molar-refractivity contribution in [1.29, 1.82) is 0 Å². The first-order valence-corrected chi connectivity index (χ1v) is 12.1. The van der Waals surface area contributed by atoms with E-state index < -0.39 is 11.8 Å². The van der Waals surface area contributed by atoms with Crippen LogP contribution < -0.4 is 10.2 Å². The van der Waals surface area contributed by atoms with Gasteiger partial charge in [0.2, 0.25) is 0 Å². The predicted octanol–water partition coefficient (Wildman–Crippen LogP) is 7.76. The third kappa shape index (κ3) is 4.92. The lowest BCUT2D eigenvalue weighted by atomic mass is 10.0. The zero-order chi connectivity index (χ0) is 23.7. The third-order valence-corrected chi connectivity index (χ3v) is 7.25. The molecule has 168 valence electrons. The number of hydrogen-bond donors (Lipinski definition) is 1. The number of hydrogen-bond acceptors (Lipinski definition) is 4. The Balaban J connectivity index is 1.74. The minimum Gasteiger partial charge on any atom is -0.350 e. The number of imide groups is 1. The topological polar surface area (TPSA) is 49.4 Å². The summed E-state index contributed by atoms with van der Waals surface area (Å²) in [6.45, 7) is 4.22. The quantitative estimate of drug-likeness (QED) is 0.339. The molecule has 0 radical (unpaired) electrons. The molecule has 1 heterocycles. The van der Waals surface area contributed by atoms with Crippen LogP contribution in [-0.4, -0.2) is 11.8 Å². The van der Waals surface area contributed by atoms with Gasteiger partial charge in [0.15, 0.2) is 0 Å². The highest BCUT2D eigenvalue weighted by Gasteiger charge is 2.41. The van der Waals surface area contributed by atoms with E-state index in [1.54, 1.807) is 42.5 Å². The number of halogens is 3. The van der Waals surface area contributed by atoms with E-state index in [2.05, 4.69) is 19.2 Å². The second-order valence-electron chi connectivity index (χ2n) is 7.68. The second kappa shape index (κ2) is 9.82. The fraction of sp³-hybridized carbons (Fsp3) is 0.120. The van der Waals surface area contributed by atoms with Crippen LogP contribution in [0.25, 0.3) is 0 Å². The smallest absolute Gasteiger partial charge is 0.283 e. The van der Waals surface area contributed by atoms with Crippen molar-refractivity contribution in [3.63, 3.8) is 0 Å². The van der Waals surface area contributed by atoms with E-state index in [0.717, 1.165) is 9.80 Å². The van der Waals surface area contributed by atoms with Gasteiger partial charge in [0.1, 0.15) is 10.6 Å². The van der Waals surface area contributed by atoms with Crippen LogP contribution in [0, 0.1) is 0 Å². The molecular formula is C25H19Cl3N2O2S. The van der Waals surface area contributed by atoms with Gasteiger partial charge in [0.05, 0.1) is 15.7 Å². The van der Waals surface area contributed by atoms with Gasteiger partial charge in [-0.2, -0.15) is 0 Å². The van der Waals surface area contributed by atoms with Gasteiger partial charge in [0, 0.05) is 15.6 Å². The summed E-state index contributed by atoms with van der Waals surface area (Å²) in [4.78, 5) is 29.0. The number of carbonyl (C=O) groups excluding carboxylic acids is 2. The summed E-state index contributed by atoms with van der Waals surface area (Å²) < 4.78 is 0. The molecule has 3 aromatic carbocycles. The van der Waals surface area contributed by atoms with Gasteiger partial charge in [-0.25, -0.2) is 4.90 Å². The second-order valence-corrected chi connectivity index (χ2v) is 9.99. The van der Waals surface area contributed by atoms with Gasteiger partial charge in [0.25, 0.3) is 11.8 Å². The normalized spacial score (nSPS) is 13.9. The van der Waals surface area contributed by atoms with Crippen LogP contribution in [0.4, 0.5) is 11.4 Å². The van der Waals surface area contributed by atoms with Crippen LogP contribution in [0.2, 0.25) is 15.1 Å². The number of carbonyl (C=O) groups is 2. The van der Waals surface area contributed by atoms with Crippen LogP contribution in [0.15, 0.2) is 82.2 Å². The van der Waals surface area contributed by atoms with E-state index >= 15 is 0 Å². The number of anilines is 2. The van der Waals surface area contributed by atoms with Crippen LogP contribution >= 0.6 is 46.6 Å². The minimum absolute atomic E-state index is 0.138. The molecule has 1 aliphatic rings. The molecule has 0 saturated carbocycles. The summed E-state index contributed by atoms with van der Waals surface area (Å²) in [5.74, 6) is -0.608. The highest BCUT2D eigenvalue weighted by Crippen LogP contribution is 2.41. The maximum absolute atomic E-state index is 13.5. The van der Waals surface area contributed by atoms with Crippen molar-refractivity contribution in [3.05, 3.63) is 98.0 Å². The van der Waals surface area contributed by atoms with Gasteiger partial charge in [-0.3, -0.25) is 9.59 Å². The van der Waals surface area contributed by atoms with Crippen molar-refractivity contribution in [1.82, 2.24) is 0 Å². The van der Waals surface area contributed by atoms with Crippen molar-refractivity contribution in [3.8, 4) is 0 Å². The minimum atomic E-state index is -0.506. The largest absolute Gasteiger partial charge is 0.350 e. The Kier molecular flexibility index (Phi) is 7.05. The Morgan fingerprint density at radius 2 is 1.52 bits per heavy atom. The summed E-state index contributed by atoms with van der Waals surface area (Å²) >= 11 is 19.7. The molecule has 2 amide bonds. The fourth-order valence-electron chi connectivity index (χ4n) is 3.31. The zero-order valence-corrected chi connectivity index (χ0v) is 20.8. The standard InChI is InChI=1S/C25H19Cl3N2O2S/c1-14(2)15-6-10-17(11-7-15)29-22-23(33-18-12-8-16(26)9-13-18)25(32)30(24(22)31)20-5-3-4-19(27)21(20)28/h3-14,29H,1-2H3. The Morgan fingerprint density at radius 1 is 0.848 bits per heavy atom. The van der Waals surface area contributed by atoms with E-state index in [-0.39, 0.29) is 26.3 Å². The highest BCUT2D eigenvalue weighted by molar-refractivity contribution is 8.04. The van der Waals surface area contributed by atoms with Gasteiger partial charge in [-0.15, -0.1) is 0 Å². The van der Waals surface area contributed by atoms with Crippen LogP contribution in [0.3, 0.4) is 0 Å². The molecule has 33 heavy (non-hydrogen) atoms. The fourth-order valence-corrected chi connectivity index (χ4v) is 4.75. The van der Waals surface area contributed by atoms with Crippen LogP contribution in [-0.2, 0) is 9.59 Å². The molecule has 0 aromatic heterocycles. The lowest BCUT2D eigenvalue weighted by Crippen LogP contribution is -2.32. The molecule has 1 aliphatic heterocycles. The van der Waals surface area contributed by atoms with Crippen molar-refractivity contribution >= 4 is 69.8 Å². The van der Waals surface area contributed by atoms with Gasteiger partial charge in [-0.1, -0.05) is 78.6 Å². The molecular weight excluding hydrogens is 499 g/mol. The Bertz CT molecular complexity index is 1260. The first kappa shape index (κ1) is 23.7. The monoisotopic (exact) mass is 516 g/mol.